The molecular weight excluding hydrogens is 207 g/mol. The van der Waals surface area contributed by atoms with Crippen molar-refractivity contribution in [3.63, 3.8) is 0 Å². The third-order valence-electron chi connectivity index (χ3n) is 2.82. The van der Waals surface area contributed by atoms with E-state index in [-0.39, 0.29) is 17.8 Å². The van der Waals surface area contributed by atoms with E-state index in [4.69, 9.17) is 0 Å². The highest BCUT2D eigenvalue weighted by atomic mass is 19.1. The summed E-state index contributed by atoms with van der Waals surface area (Å²) in [6, 6.07) is 4.25. The van der Waals surface area contributed by atoms with Gasteiger partial charge in [-0.1, -0.05) is 0 Å². The minimum Gasteiger partial charge on any atom is -0.324 e. The summed E-state index contributed by atoms with van der Waals surface area (Å²) in [5, 5.41) is 5.93. The number of halogens is 1. The molecule has 1 aliphatic rings. The third kappa shape index (κ3) is 2.39. The second-order valence-corrected chi connectivity index (χ2v) is 4.10. The molecule has 2 rings (SSSR count). The lowest BCUT2D eigenvalue weighted by Gasteiger charge is -2.12. The largest absolute Gasteiger partial charge is 0.324 e. The first-order chi connectivity index (χ1) is 7.66. The summed E-state index contributed by atoms with van der Waals surface area (Å²) in [5.74, 6) is -0.318. The fourth-order valence-corrected chi connectivity index (χ4v) is 1.90. The third-order valence-corrected chi connectivity index (χ3v) is 2.82. The van der Waals surface area contributed by atoms with E-state index in [9.17, 15) is 9.18 Å². The van der Waals surface area contributed by atoms with E-state index >= 15 is 0 Å². The lowest BCUT2D eigenvalue weighted by atomic mass is 10.1. The first-order valence-electron chi connectivity index (χ1n) is 5.47. The van der Waals surface area contributed by atoms with Gasteiger partial charge in [-0.2, -0.15) is 0 Å². The van der Waals surface area contributed by atoms with Crippen molar-refractivity contribution in [2.75, 3.05) is 11.9 Å². The zero-order chi connectivity index (χ0) is 11.5. The van der Waals surface area contributed by atoms with Gasteiger partial charge < -0.3 is 10.6 Å². The van der Waals surface area contributed by atoms with Crippen molar-refractivity contribution in [1.82, 2.24) is 5.32 Å². The van der Waals surface area contributed by atoms with E-state index in [0.717, 1.165) is 24.9 Å². The number of nitrogens with one attached hydrogen (secondary N) is 2. The van der Waals surface area contributed by atoms with Crippen molar-refractivity contribution in [3.05, 3.63) is 29.6 Å². The van der Waals surface area contributed by atoms with Crippen LogP contribution in [0.2, 0.25) is 0 Å². The fraction of sp³-hybridized carbons (Fsp3) is 0.417. The number of carbonyl (C=O) groups is 1. The van der Waals surface area contributed by atoms with E-state index < -0.39 is 0 Å². The van der Waals surface area contributed by atoms with Crippen LogP contribution in [0.5, 0.6) is 0 Å². The van der Waals surface area contributed by atoms with Crippen LogP contribution in [0.4, 0.5) is 10.1 Å². The van der Waals surface area contributed by atoms with E-state index in [2.05, 4.69) is 10.6 Å². The smallest absolute Gasteiger partial charge is 0.241 e. The number of hydrogen-bond donors (Lipinski definition) is 2. The number of aryl methyl sites for hydroxylation is 1. The van der Waals surface area contributed by atoms with E-state index in [1.165, 1.54) is 12.1 Å². The molecule has 2 N–H and O–H groups in total. The quantitative estimate of drug-likeness (QED) is 0.801. The number of rotatable bonds is 2. The molecule has 0 spiro atoms. The van der Waals surface area contributed by atoms with Crippen molar-refractivity contribution in [3.8, 4) is 0 Å². The zero-order valence-corrected chi connectivity index (χ0v) is 9.22. The van der Waals surface area contributed by atoms with Gasteiger partial charge in [0.2, 0.25) is 5.91 Å². The van der Waals surface area contributed by atoms with Gasteiger partial charge in [0.15, 0.2) is 0 Å². The molecule has 1 amide bonds. The van der Waals surface area contributed by atoms with Gasteiger partial charge in [-0.25, -0.2) is 4.39 Å². The Hall–Kier alpha value is -1.42. The molecule has 0 aliphatic carbocycles. The Balaban J connectivity index is 2.05. The number of benzene rings is 1. The summed E-state index contributed by atoms with van der Waals surface area (Å²) in [5.41, 5.74) is 1.42. The molecule has 1 aromatic carbocycles. The monoisotopic (exact) mass is 222 g/mol. The lowest BCUT2D eigenvalue weighted by Crippen LogP contribution is -2.35. The topological polar surface area (TPSA) is 41.1 Å². The average molecular weight is 222 g/mol. The molecule has 3 nitrogen and oxygen atoms in total. The van der Waals surface area contributed by atoms with Gasteiger partial charge in [-0.3, -0.25) is 4.79 Å². The molecular formula is C12H15FN2O. The van der Waals surface area contributed by atoms with Crippen molar-refractivity contribution in [2.24, 2.45) is 0 Å². The van der Waals surface area contributed by atoms with E-state index in [1.54, 1.807) is 13.0 Å². The second kappa shape index (κ2) is 4.61. The maximum atomic E-state index is 12.9. The predicted molar refractivity (Wildman–Crippen MR) is 60.8 cm³/mol. The van der Waals surface area contributed by atoms with Gasteiger partial charge in [0.1, 0.15) is 5.82 Å². The normalized spacial score (nSPS) is 19.8. The minimum atomic E-state index is -0.283. The van der Waals surface area contributed by atoms with Gasteiger partial charge in [-0.15, -0.1) is 0 Å². The number of hydrogen-bond acceptors (Lipinski definition) is 2. The fourth-order valence-electron chi connectivity index (χ4n) is 1.90. The van der Waals surface area contributed by atoms with Crippen LogP contribution in [0.3, 0.4) is 0 Å². The van der Waals surface area contributed by atoms with Crippen LogP contribution in [0.25, 0.3) is 0 Å². The Kier molecular flexibility index (Phi) is 3.19. The molecule has 1 saturated heterocycles. The zero-order valence-electron chi connectivity index (χ0n) is 9.22. The Morgan fingerprint density at radius 2 is 2.38 bits per heavy atom. The van der Waals surface area contributed by atoms with Crippen molar-refractivity contribution in [1.29, 1.82) is 0 Å². The summed E-state index contributed by atoms with van der Waals surface area (Å²) in [6.45, 7) is 2.67. The summed E-state index contributed by atoms with van der Waals surface area (Å²) >= 11 is 0. The average Bonchev–Trinajstić information content (AvgIpc) is 2.75. The predicted octanol–water partition coefficient (Wildman–Crippen LogP) is 1.82. The van der Waals surface area contributed by atoms with E-state index in [0.29, 0.717) is 5.69 Å². The summed E-state index contributed by atoms with van der Waals surface area (Å²) in [7, 11) is 0. The minimum absolute atomic E-state index is 0.0350. The molecule has 1 fully saturated rings. The molecule has 0 radical (unpaired) electrons. The van der Waals surface area contributed by atoms with Crippen LogP contribution in [0, 0.1) is 12.7 Å². The molecule has 86 valence electrons. The Labute approximate surface area is 94.0 Å². The molecule has 1 heterocycles. The van der Waals surface area contributed by atoms with Gasteiger partial charge in [-0.05, 0) is 50.1 Å². The van der Waals surface area contributed by atoms with Gasteiger partial charge in [0.25, 0.3) is 0 Å². The standard InChI is InChI=1S/C12H15FN2O/c1-8-7-9(13)4-5-10(8)15-12(16)11-3-2-6-14-11/h4-5,7,11,14H,2-3,6H2,1H3,(H,15,16)/t11-/m1/s1. The Morgan fingerprint density at radius 3 is 3.00 bits per heavy atom. The molecule has 1 aliphatic heterocycles. The highest BCUT2D eigenvalue weighted by Crippen LogP contribution is 2.17. The van der Waals surface area contributed by atoms with Gasteiger partial charge in [0.05, 0.1) is 6.04 Å². The molecule has 0 bridgehead atoms. The first-order valence-corrected chi connectivity index (χ1v) is 5.47. The molecule has 0 unspecified atom stereocenters. The summed E-state index contributed by atoms with van der Waals surface area (Å²) < 4.78 is 12.9. The van der Waals surface area contributed by atoms with Crippen LogP contribution in [-0.4, -0.2) is 18.5 Å². The van der Waals surface area contributed by atoms with Crippen molar-refractivity contribution < 1.29 is 9.18 Å². The number of anilines is 1. The highest BCUT2D eigenvalue weighted by molar-refractivity contribution is 5.95. The van der Waals surface area contributed by atoms with Crippen LogP contribution in [0.15, 0.2) is 18.2 Å². The Morgan fingerprint density at radius 1 is 1.56 bits per heavy atom. The van der Waals surface area contributed by atoms with Crippen molar-refractivity contribution >= 4 is 11.6 Å². The maximum absolute atomic E-state index is 12.9. The molecule has 0 saturated carbocycles. The van der Waals surface area contributed by atoms with Gasteiger partial charge in [0, 0.05) is 5.69 Å². The molecule has 16 heavy (non-hydrogen) atoms. The highest BCUT2D eigenvalue weighted by Gasteiger charge is 2.22. The first kappa shape index (κ1) is 11.1. The van der Waals surface area contributed by atoms with Crippen LogP contribution >= 0.6 is 0 Å². The van der Waals surface area contributed by atoms with Gasteiger partial charge >= 0.3 is 0 Å². The number of amides is 1. The maximum Gasteiger partial charge on any atom is 0.241 e. The molecule has 1 aromatic rings. The van der Waals surface area contributed by atoms with E-state index in [1.807, 2.05) is 0 Å². The molecule has 4 heteroatoms. The second-order valence-electron chi connectivity index (χ2n) is 4.10. The van der Waals surface area contributed by atoms with Crippen LogP contribution in [-0.2, 0) is 4.79 Å². The van der Waals surface area contributed by atoms with Crippen LogP contribution < -0.4 is 10.6 Å². The molecule has 0 aromatic heterocycles. The molecule has 1 atom stereocenters. The van der Waals surface area contributed by atoms with Crippen LogP contribution in [0.1, 0.15) is 18.4 Å². The van der Waals surface area contributed by atoms with Crippen molar-refractivity contribution in [2.45, 2.75) is 25.8 Å². The SMILES string of the molecule is Cc1cc(F)ccc1NC(=O)[C@H]1CCCN1. The Bertz CT molecular complexity index is 400. The lowest BCUT2D eigenvalue weighted by molar-refractivity contribution is -0.117. The summed E-state index contributed by atoms with van der Waals surface area (Å²) in [6.07, 6.45) is 1.90. The summed E-state index contributed by atoms with van der Waals surface area (Å²) in [4.78, 5) is 11.8. The number of carbonyl (C=O) groups excluding carboxylic acids is 1.